The van der Waals surface area contributed by atoms with Gasteiger partial charge in [0.2, 0.25) is 0 Å². The van der Waals surface area contributed by atoms with E-state index >= 15 is 0 Å². The fourth-order valence-corrected chi connectivity index (χ4v) is 13.0. The summed E-state index contributed by atoms with van der Waals surface area (Å²) in [5.74, 6) is -2.10. The number of H-pyrrole nitrogens is 1. The highest BCUT2D eigenvalue weighted by atomic mass is 79.9. The minimum atomic E-state index is -4.84. The maximum Gasteiger partial charge on any atom is 0.436 e. The largest absolute Gasteiger partial charge is 0.462 e. The standard InChI is InChI=1S/C26H21F3N2O2.C24H18BrF3N2.C24H19F3N2O.C7H7F3N2O2/c1-2-33-24(32)22-18-31(30-23(22)26(27,28)29)25(19-12-6-3-7-13-19,20-14-8-4-9-15-20)21-16-10-5-11-17-21;25-16-18-17-30(29-22(18)24(26,27)28)23(19-10-4-1-5-11-19,20-12-6-2-7-13-20)21-14-8-3-9-15-21;25-24(26,27)22-18(17-30)16-29(28-22)23(19-10-4-1-5-11-19,20-12-6-2-7-13-20)21-14-8-3-9-15-21;1-2-14-6(13)4-3-11-12-5(4)7(8,9)10/h3-18H,2H2,1H3;1-15,17H,16H2;1-16,30H,17H2;3H,2H2,1H3,(H,11,12). The number of hydrogen-bond donors (Lipinski definition) is 2. The van der Waals surface area contributed by atoms with E-state index in [1.807, 2.05) is 273 Å². The van der Waals surface area contributed by atoms with Crippen LogP contribution in [0.4, 0.5) is 52.7 Å². The summed E-state index contributed by atoms with van der Waals surface area (Å²) in [7, 11) is 0. The second kappa shape index (κ2) is 33.6. The van der Waals surface area contributed by atoms with Gasteiger partial charge in [0.05, 0.1) is 26.0 Å². The summed E-state index contributed by atoms with van der Waals surface area (Å²) >= 11 is 3.20. The zero-order valence-electron chi connectivity index (χ0n) is 56.7. The zero-order chi connectivity index (χ0) is 76.6. The Hall–Kier alpha value is -11.6. The Kier molecular flexibility index (Phi) is 24.5. The second-order valence-electron chi connectivity index (χ2n) is 23.5. The van der Waals surface area contributed by atoms with E-state index in [2.05, 4.69) is 41.1 Å². The molecule has 0 spiro atoms. The number of hydrogen-bond acceptors (Lipinski definition) is 9. The molecule has 0 saturated heterocycles. The lowest BCUT2D eigenvalue weighted by molar-refractivity contribution is -0.143. The molecule has 0 fully saturated rings. The van der Waals surface area contributed by atoms with Crippen LogP contribution in [0.3, 0.4) is 0 Å². The fraction of sp³-hybridized carbons (Fsp3) is 0.160. The molecule has 0 atom stereocenters. The third-order valence-corrected chi connectivity index (χ3v) is 17.7. The molecule has 0 radical (unpaired) electrons. The van der Waals surface area contributed by atoms with Gasteiger partial charge in [0.1, 0.15) is 27.7 Å². The third-order valence-electron chi connectivity index (χ3n) is 17.1. The lowest BCUT2D eigenvalue weighted by Gasteiger charge is -2.36. The predicted octanol–water partition coefficient (Wildman–Crippen LogP) is 19.4. The highest BCUT2D eigenvalue weighted by Gasteiger charge is 2.48. The topological polar surface area (TPSA) is 155 Å². The zero-order valence-corrected chi connectivity index (χ0v) is 58.3. The Balaban J connectivity index is 0.000000158. The summed E-state index contributed by atoms with van der Waals surface area (Å²) in [5, 5.41) is 26.6. The number of ether oxygens (including phenoxy) is 2. The van der Waals surface area contributed by atoms with Crippen molar-refractivity contribution in [3.8, 4) is 0 Å². The van der Waals surface area contributed by atoms with Crippen LogP contribution in [0.5, 0.6) is 0 Å². The van der Waals surface area contributed by atoms with E-state index in [1.165, 1.54) is 40.3 Å². The molecule has 4 aromatic heterocycles. The Morgan fingerprint density at radius 1 is 0.364 bits per heavy atom. The van der Waals surface area contributed by atoms with E-state index in [9.17, 15) is 67.4 Å². The molecular formula is C81H65BrF12N8O5. The van der Waals surface area contributed by atoms with Gasteiger partial charge in [-0.3, -0.25) is 19.1 Å². The Morgan fingerprint density at radius 2 is 0.607 bits per heavy atom. The third kappa shape index (κ3) is 16.6. The van der Waals surface area contributed by atoms with Crippen LogP contribution in [-0.4, -0.2) is 69.8 Å². The smallest absolute Gasteiger partial charge is 0.436 e. The first-order valence-corrected chi connectivity index (χ1v) is 34.0. The molecule has 2 N–H and O–H groups in total. The first-order valence-electron chi connectivity index (χ1n) is 32.9. The van der Waals surface area contributed by atoms with Gasteiger partial charge in [0, 0.05) is 35.0 Å². The number of alkyl halides is 13. The van der Waals surface area contributed by atoms with Crippen LogP contribution in [0, 0.1) is 0 Å². The number of benzene rings is 9. The van der Waals surface area contributed by atoms with Crippen molar-refractivity contribution in [2.24, 2.45) is 0 Å². The van der Waals surface area contributed by atoms with E-state index in [4.69, 9.17) is 4.74 Å². The van der Waals surface area contributed by atoms with Gasteiger partial charge < -0.3 is 14.6 Å². The van der Waals surface area contributed by atoms with Crippen LogP contribution < -0.4 is 0 Å². The minimum Gasteiger partial charge on any atom is -0.462 e. The van der Waals surface area contributed by atoms with E-state index in [1.54, 1.807) is 5.10 Å². The minimum absolute atomic E-state index is 0.0152. The average molecular weight is 1540 g/mol. The maximum atomic E-state index is 14.0. The molecule has 0 saturated carbocycles. The van der Waals surface area contributed by atoms with Crippen molar-refractivity contribution in [1.29, 1.82) is 0 Å². The molecule has 107 heavy (non-hydrogen) atoms. The Labute approximate surface area is 614 Å². The number of halogens is 13. The Bertz CT molecular complexity index is 4500. The van der Waals surface area contributed by atoms with Crippen LogP contribution in [0.25, 0.3) is 0 Å². The van der Waals surface area contributed by atoms with Crippen LogP contribution in [0.1, 0.15) is 119 Å². The number of aliphatic hydroxyl groups excluding tert-OH is 1. The van der Waals surface area contributed by atoms with Crippen LogP contribution in [-0.2, 0) is 62.7 Å². The maximum absolute atomic E-state index is 14.0. The first kappa shape index (κ1) is 78.0. The number of rotatable bonds is 18. The van der Waals surface area contributed by atoms with Crippen molar-refractivity contribution in [3.63, 3.8) is 0 Å². The molecule has 13 aromatic rings. The molecule has 26 heteroatoms. The fourth-order valence-electron chi connectivity index (χ4n) is 12.6. The van der Waals surface area contributed by atoms with Crippen LogP contribution in [0.15, 0.2) is 298 Å². The number of carbonyl (C=O) groups is 2. The number of aromatic nitrogens is 8. The monoisotopic (exact) mass is 1540 g/mol. The summed E-state index contributed by atoms with van der Waals surface area (Å²) in [5.41, 5.74) is -2.55. The quantitative estimate of drug-likeness (QED) is 0.0370. The molecule has 0 aliphatic rings. The predicted molar refractivity (Wildman–Crippen MR) is 380 cm³/mol. The number of aromatic amines is 1. The normalized spacial score (nSPS) is 12.0. The average Bonchev–Trinajstić information content (AvgIpc) is 1.69. The van der Waals surface area contributed by atoms with Crippen molar-refractivity contribution < 1.29 is 76.9 Å². The molecule has 0 aliphatic heterocycles. The van der Waals surface area contributed by atoms with E-state index in [0.29, 0.717) is 16.7 Å². The van der Waals surface area contributed by atoms with Gasteiger partial charge in [-0.1, -0.05) is 289 Å². The molecule has 13 rings (SSSR count). The van der Waals surface area contributed by atoms with Gasteiger partial charge >= 0.3 is 36.6 Å². The Morgan fingerprint density at radius 3 is 0.832 bits per heavy atom. The molecule has 9 aromatic carbocycles. The molecular weight excluding hydrogens is 1470 g/mol. The molecule has 4 heterocycles. The van der Waals surface area contributed by atoms with Gasteiger partial charge in [-0.15, -0.1) is 0 Å². The number of carbonyl (C=O) groups excluding carboxylic acids is 2. The second-order valence-corrected chi connectivity index (χ2v) is 24.1. The van der Waals surface area contributed by atoms with Crippen molar-refractivity contribution in [2.75, 3.05) is 13.2 Å². The van der Waals surface area contributed by atoms with Crippen molar-refractivity contribution >= 4 is 27.9 Å². The summed E-state index contributed by atoms with van der Waals surface area (Å²) in [6.45, 7) is 2.25. The number of esters is 2. The summed E-state index contributed by atoms with van der Waals surface area (Å²) < 4.78 is 174. The highest BCUT2D eigenvalue weighted by molar-refractivity contribution is 9.08. The lowest BCUT2D eigenvalue weighted by atomic mass is 9.77. The van der Waals surface area contributed by atoms with Gasteiger partial charge in [-0.2, -0.15) is 73.1 Å². The van der Waals surface area contributed by atoms with E-state index < -0.39 is 93.8 Å². The van der Waals surface area contributed by atoms with Crippen molar-refractivity contribution in [3.05, 3.63) is 393 Å². The van der Waals surface area contributed by atoms with Crippen LogP contribution >= 0.6 is 15.9 Å². The van der Waals surface area contributed by atoms with Crippen molar-refractivity contribution in [1.82, 2.24) is 39.5 Å². The molecule has 13 nitrogen and oxygen atoms in total. The van der Waals surface area contributed by atoms with Gasteiger partial charge in [-0.05, 0) is 63.9 Å². The van der Waals surface area contributed by atoms with Gasteiger partial charge in [0.25, 0.3) is 0 Å². The molecule has 0 aliphatic carbocycles. The van der Waals surface area contributed by atoms with E-state index in [0.717, 1.165) is 45.8 Å². The van der Waals surface area contributed by atoms with Gasteiger partial charge in [0.15, 0.2) is 22.8 Å². The number of nitrogens with one attached hydrogen (secondary N) is 1. The SMILES string of the molecule is CCOC(=O)c1cn(C(c2ccccc2)(c2ccccc2)c2ccccc2)nc1C(F)(F)F.CCOC(=O)c1cn[nH]c1C(F)(F)F.FC(F)(F)c1nn(C(c2ccccc2)(c2ccccc2)c2ccccc2)cc1CBr.OCc1cn(C(c2ccccc2)(c2ccccc2)c2ccccc2)nc1C(F)(F)F. The first-order chi connectivity index (χ1) is 51.3. The molecule has 0 unspecified atom stereocenters. The number of nitrogens with zero attached hydrogens (tertiary/aromatic N) is 7. The number of aliphatic hydroxyl groups is 1. The summed E-state index contributed by atoms with van der Waals surface area (Å²) in [4.78, 5) is 23.5. The molecule has 550 valence electrons. The van der Waals surface area contributed by atoms with Crippen molar-refractivity contribution in [2.45, 2.75) is 67.1 Å². The van der Waals surface area contributed by atoms with Gasteiger partial charge in [-0.25, -0.2) is 9.59 Å². The van der Waals surface area contributed by atoms with E-state index in [-0.39, 0.29) is 29.7 Å². The summed E-state index contributed by atoms with van der Waals surface area (Å²) in [6.07, 6.45) is -14.0. The molecule has 0 bridgehead atoms. The highest BCUT2D eigenvalue weighted by Crippen LogP contribution is 2.47. The molecule has 0 amide bonds. The summed E-state index contributed by atoms with van der Waals surface area (Å²) in [6, 6.07) is 83.7. The van der Waals surface area contributed by atoms with Crippen LogP contribution in [0.2, 0.25) is 0 Å². The lowest BCUT2D eigenvalue weighted by Crippen LogP contribution is -2.38.